The van der Waals surface area contributed by atoms with Crippen molar-refractivity contribution >= 4 is 29.2 Å². The Morgan fingerprint density at radius 3 is 2.78 bits per heavy atom. The Morgan fingerprint density at radius 1 is 1.11 bits per heavy atom. The number of nitrogens with one attached hydrogen (secondary N) is 2. The molecule has 1 saturated carbocycles. The summed E-state index contributed by atoms with van der Waals surface area (Å²) in [5.74, 6) is 2.82. The Kier molecular flexibility index (Phi) is 5.18. The number of anilines is 4. The molecule has 7 heteroatoms. The predicted octanol–water partition coefficient (Wildman–Crippen LogP) is 3.59. The number of nitrogens with zero attached hydrogens (tertiary/aromatic N) is 4. The molecule has 2 aromatic rings. The number of fused-ring (bicyclic) bond motifs is 1. The van der Waals surface area contributed by atoms with Crippen molar-refractivity contribution in [3.63, 3.8) is 0 Å². The van der Waals surface area contributed by atoms with Gasteiger partial charge in [0, 0.05) is 31.4 Å². The molecule has 1 aliphatic heterocycles. The number of carbonyl (C=O) groups is 1. The summed E-state index contributed by atoms with van der Waals surface area (Å²) in [6.45, 7) is 3.56. The van der Waals surface area contributed by atoms with Gasteiger partial charge in [0.1, 0.15) is 6.33 Å². The average molecular weight is 366 g/mol. The van der Waals surface area contributed by atoms with Gasteiger partial charge in [0.25, 0.3) is 0 Å². The fraction of sp³-hybridized carbons (Fsp3) is 0.500. The van der Waals surface area contributed by atoms with Crippen LogP contribution in [0.25, 0.3) is 0 Å². The van der Waals surface area contributed by atoms with Crippen LogP contribution in [0.5, 0.6) is 0 Å². The van der Waals surface area contributed by atoms with Crippen LogP contribution in [0.1, 0.15) is 39.0 Å². The summed E-state index contributed by atoms with van der Waals surface area (Å²) in [5.41, 5.74) is 1.56. The maximum atomic E-state index is 11.2. The van der Waals surface area contributed by atoms with Gasteiger partial charge in [-0.3, -0.25) is 4.79 Å². The van der Waals surface area contributed by atoms with Crippen LogP contribution in [-0.4, -0.2) is 33.9 Å². The molecule has 1 aromatic heterocycles. The summed E-state index contributed by atoms with van der Waals surface area (Å²) in [7, 11) is 0. The molecule has 142 valence electrons. The molecule has 1 saturated heterocycles. The number of rotatable bonds is 4. The van der Waals surface area contributed by atoms with Crippen molar-refractivity contribution < 1.29 is 4.79 Å². The molecule has 2 N–H and O–H groups in total. The summed E-state index contributed by atoms with van der Waals surface area (Å²) < 4.78 is 0. The van der Waals surface area contributed by atoms with Gasteiger partial charge in [-0.2, -0.15) is 4.98 Å². The molecule has 7 nitrogen and oxygen atoms in total. The molecule has 0 bridgehead atoms. The molecule has 0 spiro atoms. The van der Waals surface area contributed by atoms with Crippen LogP contribution < -0.4 is 15.5 Å². The van der Waals surface area contributed by atoms with E-state index in [4.69, 9.17) is 0 Å². The highest BCUT2D eigenvalue weighted by molar-refractivity contribution is 5.89. The third-order valence-electron chi connectivity index (χ3n) is 5.57. The van der Waals surface area contributed by atoms with Crippen molar-refractivity contribution in [1.82, 2.24) is 15.0 Å². The lowest BCUT2D eigenvalue weighted by atomic mass is 9.75. The van der Waals surface area contributed by atoms with Gasteiger partial charge in [0.15, 0.2) is 0 Å². The van der Waals surface area contributed by atoms with Crippen LogP contribution in [-0.2, 0) is 4.79 Å². The third kappa shape index (κ3) is 4.35. The Hall–Kier alpha value is -2.70. The van der Waals surface area contributed by atoms with Gasteiger partial charge in [-0.05, 0) is 42.9 Å². The first-order valence-electron chi connectivity index (χ1n) is 9.76. The van der Waals surface area contributed by atoms with Crippen molar-refractivity contribution in [2.45, 2.75) is 39.0 Å². The maximum absolute atomic E-state index is 11.2. The van der Waals surface area contributed by atoms with E-state index in [9.17, 15) is 4.79 Å². The monoisotopic (exact) mass is 366 g/mol. The molecule has 27 heavy (non-hydrogen) atoms. The van der Waals surface area contributed by atoms with Gasteiger partial charge >= 0.3 is 0 Å². The molecule has 1 aromatic carbocycles. The zero-order chi connectivity index (χ0) is 18.6. The number of carbonyl (C=O) groups excluding carboxylic acids is 1. The fourth-order valence-electron chi connectivity index (χ4n) is 4.29. The molecule has 2 atom stereocenters. The molecule has 0 radical (unpaired) electrons. The minimum Gasteiger partial charge on any atom is -0.340 e. The highest BCUT2D eigenvalue weighted by atomic mass is 16.1. The van der Waals surface area contributed by atoms with E-state index in [1.165, 1.54) is 39.0 Å². The number of benzene rings is 1. The zero-order valence-electron chi connectivity index (χ0n) is 15.7. The van der Waals surface area contributed by atoms with Gasteiger partial charge in [-0.1, -0.05) is 25.3 Å². The van der Waals surface area contributed by atoms with E-state index in [0.29, 0.717) is 5.95 Å². The number of hydrogen-bond donors (Lipinski definition) is 2. The van der Waals surface area contributed by atoms with Crippen molar-refractivity contribution in [1.29, 1.82) is 0 Å². The van der Waals surface area contributed by atoms with Gasteiger partial charge in [0.05, 0.1) is 0 Å². The topological polar surface area (TPSA) is 83.0 Å². The predicted molar refractivity (Wildman–Crippen MR) is 106 cm³/mol. The summed E-state index contributed by atoms with van der Waals surface area (Å²) in [6.07, 6.45) is 8.25. The van der Waals surface area contributed by atoms with Crippen molar-refractivity contribution in [2.24, 2.45) is 11.8 Å². The molecule has 2 aliphatic rings. The molecule has 2 heterocycles. The Balaban J connectivity index is 1.46. The Bertz CT molecular complexity index is 811. The molecule has 1 amide bonds. The largest absolute Gasteiger partial charge is 0.340 e. The summed E-state index contributed by atoms with van der Waals surface area (Å²) in [4.78, 5) is 26.8. The lowest BCUT2D eigenvalue weighted by molar-refractivity contribution is -0.114. The first-order valence-corrected chi connectivity index (χ1v) is 9.76. The molecule has 2 fully saturated rings. The molecule has 1 aliphatic carbocycles. The summed E-state index contributed by atoms with van der Waals surface area (Å²) >= 11 is 0. The smallest absolute Gasteiger partial charge is 0.231 e. The van der Waals surface area contributed by atoms with E-state index in [-0.39, 0.29) is 5.91 Å². The second-order valence-electron chi connectivity index (χ2n) is 7.54. The molecular formula is C20H26N6O. The minimum absolute atomic E-state index is 0.0966. The van der Waals surface area contributed by atoms with E-state index in [1.54, 1.807) is 6.33 Å². The third-order valence-corrected chi connectivity index (χ3v) is 5.57. The lowest BCUT2D eigenvalue weighted by Gasteiger charge is -2.41. The standard InChI is InChI=1S/C20H26N6O/c1-14(27)23-17-7-4-8-18(11-17)24-19-21-13-22-20(25-19)26-10-9-15-5-2-3-6-16(15)12-26/h4,7-8,11,13,15-16H,2-3,5-6,9-10,12H2,1H3,(H,23,27)(H,21,22,24,25)/t15-,16-/m1/s1. The van der Waals surface area contributed by atoms with Crippen LogP contribution >= 0.6 is 0 Å². The maximum Gasteiger partial charge on any atom is 0.231 e. The Morgan fingerprint density at radius 2 is 1.93 bits per heavy atom. The van der Waals surface area contributed by atoms with Crippen LogP contribution in [0, 0.1) is 11.8 Å². The average Bonchev–Trinajstić information content (AvgIpc) is 2.67. The van der Waals surface area contributed by atoms with Gasteiger partial charge in [-0.25, -0.2) is 9.97 Å². The molecule has 0 unspecified atom stereocenters. The van der Waals surface area contributed by atoms with Crippen LogP contribution in [0.2, 0.25) is 0 Å². The first kappa shape index (κ1) is 17.7. The van der Waals surface area contributed by atoms with E-state index in [0.717, 1.165) is 42.2 Å². The van der Waals surface area contributed by atoms with Crippen LogP contribution in [0.4, 0.5) is 23.3 Å². The second-order valence-corrected chi connectivity index (χ2v) is 7.54. The van der Waals surface area contributed by atoms with Crippen LogP contribution in [0.3, 0.4) is 0 Å². The fourth-order valence-corrected chi connectivity index (χ4v) is 4.29. The van der Waals surface area contributed by atoms with Crippen molar-refractivity contribution in [2.75, 3.05) is 28.6 Å². The normalized spacial score (nSPS) is 22.0. The quantitative estimate of drug-likeness (QED) is 0.860. The first-order chi connectivity index (χ1) is 13.2. The lowest BCUT2D eigenvalue weighted by Crippen LogP contribution is -2.42. The van der Waals surface area contributed by atoms with E-state index in [2.05, 4.69) is 30.5 Å². The highest BCUT2D eigenvalue weighted by Gasteiger charge is 2.32. The molecular weight excluding hydrogens is 340 g/mol. The Labute approximate surface area is 159 Å². The van der Waals surface area contributed by atoms with E-state index < -0.39 is 0 Å². The van der Waals surface area contributed by atoms with Gasteiger partial charge in [0.2, 0.25) is 17.8 Å². The zero-order valence-corrected chi connectivity index (χ0v) is 15.7. The van der Waals surface area contributed by atoms with E-state index >= 15 is 0 Å². The number of aromatic nitrogens is 3. The van der Waals surface area contributed by atoms with E-state index in [1.807, 2.05) is 24.3 Å². The van der Waals surface area contributed by atoms with Crippen molar-refractivity contribution in [3.05, 3.63) is 30.6 Å². The number of piperidine rings is 1. The SMILES string of the molecule is CC(=O)Nc1cccc(Nc2ncnc(N3CC[C@H]4CCCC[C@@H]4C3)n2)c1. The van der Waals surface area contributed by atoms with Gasteiger partial charge < -0.3 is 15.5 Å². The molecule has 4 rings (SSSR count). The van der Waals surface area contributed by atoms with Crippen LogP contribution in [0.15, 0.2) is 30.6 Å². The summed E-state index contributed by atoms with van der Waals surface area (Å²) in [5, 5.41) is 5.99. The highest BCUT2D eigenvalue weighted by Crippen LogP contribution is 2.36. The summed E-state index contributed by atoms with van der Waals surface area (Å²) in [6, 6.07) is 7.50. The van der Waals surface area contributed by atoms with Gasteiger partial charge in [-0.15, -0.1) is 0 Å². The number of amides is 1. The second kappa shape index (κ2) is 7.90. The van der Waals surface area contributed by atoms with Crippen molar-refractivity contribution in [3.8, 4) is 0 Å². The minimum atomic E-state index is -0.0966. The number of hydrogen-bond acceptors (Lipinski definition) is 6.